The van der Waals surface area contributed by atoms with Gasteiger partial charge in [-0.15, -0.1) is 0 Å². The highest BCUT2D eigenvalue weighted by atomic mass is 16.5. The van der Waals surface area contributed by atoms with Crippen molar-refractivity contribution < 1.29 is 28.6 Å². The van der Waals surface area contributed by atoms with Crippen LogP contribution in [0.3, 0.4) is 0 Å². The van der Waals surface area contributed by atoms with E-state index in [0.29, 0.717) is 34.9 Å². The molecule has 0 bridgehead atoms. The van der Waals surface area contributed by atoms with E-state index in [0.717, 1.165) is 0 Å². The van der Waals surface area contributed by atoms with Crippen molar-refractivity contribution in [2.24, 2.45) is 0 Å². The Labute approximate surface area is 175 Å². The van der Waals surface area contributed by atoms with Gasteiger partial charge in [0, 0.05) is 5.69 Å². The first-order chi connectivity index (χ1) is 14.3. The zero-order valence-corrected chi connectivity index (χ0v) is 17.8. The van der Waals surface area contributed by atoms with Gasteiger partial charge < -0.3 is 19.2 Å². The van der Waals surface area contributed by atoms with Gasteiger partial charge in [-0.3, -0.25) is 20.4 Å². The number of amides is 2. The summed E-state index contributed by atoms with van der Waals surface area (Å²) in [6, 6.07) is 6.86. The average molecular weight is 417 g/mol. The third-order valence-electron chi connectivity index (χ3n) is 4.26. The Balaban J connectivity index is 1.94. The Morgan fingerprint density at radius 1 is 1.00 bits per heavy atom. The SMILES string of the molecule is CCOC(=O)c1c(C)[nH]c(C(=O)NNC(=O)C(C)Oc2ccc(OCC)cc2)c1C. The zero-order valence-electron chi connectivity index (χ0n) is 17.8. The second-order valence-electron chi connectivity index (χ2n) is 6.45. The molecule has 1 atom stereocenters. The number of rotatable bonds is 8. The molecule has 0 aliphatic carbocycles. The lowest BCUT2D eigenvalue weighted by Gasteiger charge is -2.15. The van der Waals surface area contributed by atoms with Crippen molar-refractivity contribution in [3.63, 3.8) is 0 Å². The molecule has 162 valence electrons. The number of hydrogen-bond acceptors (Lipinski definition) is 6. The summed E-state index contributed by atoms with van der Waals surface area (Å²) in [6.07, 6.45) is -0.857. The van der Waals surface area contributed by atoms with Crippen LogP contribution in [0.15, 0.2) is 24.3 Å². The van der Waals surface area contributed by atoms with Gasteiger partial charge >= 0.3 is 5.97 Å². The van der Waals surface area contributed by atoms with E-state index >= 15 is 0 Å². The molecule has 2 rings (SSSR count). The lowest BCUT2D eigenvalue weighted by molar-refractivity contribution is -0.128. The van der Waals surface area contributed by atoms with Crippen molar-refractivity contribution in [2.45, 2.75) is 40.7 Å². The quantitative estimate of drug-likeness (QED) is 0.448. The maximum absolute atomic E-state index is 12.4. The maximum Gasteiger partial charge on any atom is 0.340 e. The number of benzene rings is 1. The fourth-order valence-corrected chi connectivity index (χ4v) is 2.81. The van der Waals surface area contributed by atoms with E-state index in [1.807, 2.05) is 6.92 Å². The summed E-state index contributed by atoms with van der Waals surface area (Å²) < 4.78 is 15.9. The zero-order chi connectivity index (χ0) is 22.3. The largest absolute Gasteiger partial charge is 0.494 e. The molecule has 1 aromatic heterocycles. The molecule has 1 aromatic carbocycles. The van der Waals surface area contributed by atoms with Crippen LogP contribution in [0.5, 0.6) is 11.5 Å². The van der Waals surface area contributed by atoms with Crippen LogP contribution in [0.4, 0.5) is 0 Å². The van der Waals surface area contributed by atoms with E-state index in [2.05, 4.69) is 15.8 Å². The number of nitrogens with one attached hydrogen (secondary N) is 3. The van der Waals surface area contributed by atoms with Crippen molar-refractivity contribution in [1.82, 2.24) is 15.8 Å². The number of esters is 1. The van der Waals surface area contributed by atoms with E-state index < -0.39 is 23.9 Å². The van der Waals surface area contributed by atoms with Crippen LogP contribution in [0, 0.1) is 13.8 Å². The van der Waals surface area contributed by atoms with Crippen molar-refractivity contribution in [2.75, 3.05) is 13.2 Å². The van der Waals surface area contributed by atoms with E-state index in [-0.39, 0.29) is 12.3 Å². The predicted molar refractivity (Wildman–Crippen MR) is 110 cm³/mol. The first kappa shape index (κ1) is 22.8. The molecule has 3 N–H and O–H groups in total. The number of hydrogen-bond donors (Lipinski definition) is 3. The molecule has 1 heterocycles. The first-order valence-corrected chi connectivity index (χ1v) is 9.64. The Hall–Kier alpha value is -3.49. The van der Waals surface area contributed by atoms with Crippen molar-refractivity contribution in [1.29, 1.82) is 0 Å². The Morgan fingerprint density at radius 2 is 1.63 bits per heavy atom. The molecule has 2 amide bonds. The fourth-order valence-electron chi connectivity index (χ4n) is 2.81. The number of aromatic nitrogens is 1. The topological polar surface area (TPSA) is 119 Å². The summed E-state index contributed by atoms with van der Waals surface area (Å²) in [5, 5.41) is 0. The minimum atomic E-state index is -0.857. The van der Waals surface area contributed by atoms with Gasteiger partial charge in [0.2, 0.25) is 0 Å². The molecule has 0 saturated carbocycles. The van der Waals surface area contributed by atoms with Crippen LogP contribution in [0.2, 0.25) is 0 Å². The summed E-state index contributed by atoms with van der Waals surface area (Å²) in [5.41, 5.74) is 6.06. The predicted octanol–water partition coefficient (Wildman–Crippen LogP) is 2.44. The molecule has 0 saturated heterocycles. The van der Waals surface area contributed by atoms with Crippen molar-refractivity contribution in [3.05, 3.63) is 46.8 Å². The number of hydrazine groups is 1. The summed E-state index contributed by atoms with van der Waals surface area (Å²) in [6.45, 7) is 9.23. The van der Waals surface area contributed by atoms with Crippen LogP contribution < -0.4 is 20.3 Å². The number of ether oxygens (including phenoxy) is 3. The summed E-state index contributed by atoms with van der Waals surface area (Å²) in [5.74, 6) is -0.448. The number of aryl methyl sites for hydroxylation is 1. The molecule has 0 fully saturated rings. The fraction of sp³-hybridized carbons (Fsp3) is 0.381. The Bertz CT molecular complexity index is 904. The molecule has 0 spiro atoms. The molecule has 9 nitrogen and oxygen atoms in total. The lowest BCUT2D eigenvalue weighted by Crippen LogP contribution is -2.47. The summed E-state index contributed by atoms with van der Waals surface area (Å²) in [7, 11) is 0. The molecular weight excluding hydrogens is 390 g/mol. The first-order valence-electron chi connectivity index (χ1n) is 9.64. The van der Waals surface area contributed by atoms with E-state index in [1.54, 1.807) is 52.0 Å². The van der Waals surface area contributed by atoms with Crippen LogP contribution >= 0.6 is 0 Å². The van der Waals surface area contributed by atoms with E-state index in [4.69, 9.17) is 14.2 Å². The van der Waals surface area contributed by atoms with Gasteiger partial charge in [-0.2, -0.15) is 0 Å². The van der Waals surface area contributed by atoms with E-state index in [9.17, 15) is 14.4 Å². The third kappa shape index (κ3) is 5.53. The van der Waals surface area contributed by atoms with Crippen molar-refractivity contribution in [3.8, 4) is 11.5 Å². The number of aromatic amines is 1. The number of H-pyrrole nitrogens is 1. The third-order valence-corrected chi connectivity index (χ3v) is 4.26. The minimum absolute atomic E-state index is 0.163. The molecule has 1 unspecified atom stereocenters. The Morgan fingerprint density at radius 3 is 2.23 bits per heavy atom. The Kier molecular flexibility index (Phi) is 7.85. The highest BCUT2D eigenvalue weighted by molar-refractivity contribution is 6.01. The minimum Gasteiger partial charge on any atom is -0.494 e. The van der Waals surface area contributed by atoms with Crippen LogP contribution in [0.1, 0.15) is 52.9 Å². The van der Waals surface area contributed by atoms with Crippen LogP contribution in [-0.2, 0) is 9.53 Å². The number of carbonyl (C=O) groups excluding carboxylic acids is 3. The molecule has 0 aliphatic rings. The normalized spacial score (nSPS) is 11.4. The highest BCUT2D eigenvalue weighted by Gasteiger charge is 2.23. The van der Waals surface area contributed by atoms with Crippen molar-refractivity contribution >= 4 is 17.8 Å². The smallest absolute Gasteiger partial charge is 0.340 e. The molecular formula is C21H27N3O6. The van der Waals surface area contributed by atoms with Crippen LogP contribution in [0.25, 0.3) is 0 Å². The molecule has 0 aliphatic heterocycles. The van der Waals surface area contributed by atoms with Gasteiger partial charge in [0.1, 0.15) is 17.2 Å². The summed E-state index contributed by atoms with van der Waals surface area (Å²) in [4.78, 5) is 39.6. The number of carbonyl (C=O) groups is 3. The lowest BCUT2D eigenvalue weighted by atomic mass is 10.1. The van der Waals surface area contributed by atoms with Gasteiger partial charge in [-0.1, -0.05) is 0 Å². The second kappa shape index (κ2) is 10.3. The average Bonchev–Trinajstić information content (AvgIpc) is 3.01. The van der Waals surface area contributed by atoms with Gasteiger partial charge in [0.25, 0.3) is 11.8 Å². The maximum atomic E-state index is 12.4. The van der Waals surface area contributed by atoms with Gasteiger partial charge in [0.05, 0.1) is 18.8 Å². The standard InChI is InChI=1S/C21H27N3O6/c1-6-28-15-8-10-16(11-9-15)30-14(5)19(25)23-24-20(26)18-12(3)17(13(4)22-18)21(27)29-7-2/h8-11,14,22H,6-7H2,1-5H3,(H,23,25)(H,24,26). The molecule has 0 radical (unpaired) electrons. The van der Waals surface area contributed by atoms with Gasteiger partial charge in [-0.05, 0) is 64.4 Å². The summed E-state index contributed by atoms with van der Waals surface area (Å²) >= 11 is 0. The van der Waals surface area contributed by atoms with Gasteiger partial charge in [0.15, 0.2) is 6.10 Å². The highest BCUT2D eigenvalue weighted by Crippen LogP contribution is 2.20. The molecule has 9 heteroatoms. The van der Waals surface area contributed by atoms with E-state index in [1.165, 1.54) is 0 Å². The molecule has 30 heavy (non-hydrogen) atoms. The second-order valence-corrected chi connectivity index (χ2v) is 6.45. The monoisotopic (exact) mass is 417 g/mol. The molecule has 2 aromatic rings. The van der Waals surface area contributed by atoms with Crippen LogP contribution in [-0.4, -0.2) is 42.1 Å². The van der Waals surface area contributed by atoms with Gasteiger partial charge in [-0.25, -0.2) is 4.79 Å².